The Bertz CT molecular complexity index is 564. The van der Waals surface area contributed by atoms with Gasteiger partial charge in [0, 0.05) is 36.7 Å². The van der Waals surface area contributed by atoms with E-state index in [1.807, 2.05) is 16.5 Å². The Morgan fingerprint density at radius 2 is 2.47 bits per heavy atom. The minimum absolute atomic E-state index is 0.0434. The van der Waals surface area contributed by atoms with E-state index in [2.05, 4.69) is 10.1 Å². The van der Waals surface area contributed by atoms with E-state index in [-0.39, 0.29) is 5.91 Å². The van der Waals surface area contributed by atoms with Crippen LogP contribution in [0.1, 0.15) is 40.0 Å². The fraction of sp³-hybridized carbons (Fsp3) is 0.462. The molecule has 0 N–H and O–H groups in total. The molecule has 19 heavy (non-hydrogen) atoms. The van der Waals surface area contributed by atoms with Crippen molar-refractivity contribution in [3.63, 3.8) is 0 Å². The van der Waals surface area contributed by atoms with Crippen LogP contribution < -0.4 is 0 Å². The van der Waals surface area contributed by atoms with Crippen LogP contribution in [0, 0.1) is 6.92 Å². The number of likely N-dealkylation sites (tertiary alicyclic amines) is 1. The van der Waals surface area contributed by atoms with Gasteiger partial charge in [0.1, 0.15) is 5.76 Å². The summed E-state index contributed by atoms with van der Waals surface area (Å²) in [6.07, 6.45) is 3.92. The number of hydrogen-bond donors (Lipinski definition) is 0. The van der Waals surface area contributed by atoms with Crippen LogP contribution in [0.15, 0.2) is 22.2 Å². The first-order chi connectivity index (χ1) is 9.24. The molecule has 3 rings (SSSR count). The van der Waals surface area contributed by atoms with E-state index >= 15 is 0 Å². The lowest BCUT2D eigenvalue weighted by molar-refractivity contribution is 0.0696. The Labute approximate surface area is 115 Å². The van der Waals surface area contributed by atoms with E-state index in [1.165, 1.54) is 0 Å². The zero-order valence-electron chi connectivity index (χ0n) is 10.7. The fourth-order valence-corrected chi connectivity index (χ4v) is 3.20. The topological polar surface area (TPSA) is 59.2 Å². The molecule has 0 unspecified atom stereocenters. The molecule has 1 amide bonds. The van der Waals surface area contributed by atoms with Crippen molar-refractivity contribution in [3.8, 4) is 0 Å². The predicted octanol–water partition coefficient (Wildman–Crippen LogP) is 2.46. The van der Waals surface area contributed by atoms with Crippen LogP contribution in [-0.4, -0.2) is 34.0 Å². The van der Waals surface area contributed by atoms with Crippen molar-refractivity contribution >= 4 is 17.2 Å². The number of rotatable bonds is 2. The van der Waals surface area contributed by atoms with E-state index in [9.17, 15) is 4.79 Å². The monoisotopic (exact) mass is 277 g/mol. The lowest BCUT2D eigenvalue weighted by atomic mass is 9.98. The minimum Gasteiger partial charge on any atom is -0.361 e. The van der Waals surface area contributed by atoms with Crippen molar-refractivity contribution in [2.75, 3.05) is 13.1 Å². The van der Waals surface area contributed by atoms with Crippen molar-refractivity contribution in [1.29, 1.82) is 0 Å². The van der Waals surface area contributed by atoms with Gasteiger partial charge in [0.15, 0.2) is 5.69 Å². The van der Waals surface area contributed by atoms with E-state index in [0.717, 1.165) is 30.9 Å². The molecule has 1 aliphatic rings. The molecular formula is C13H15N3O2S. The molecule has 100 valence electrons. The van der Waals surface area contributed by atoms with Crippen LogP contribution in [0.2, 0.25) is 0 Å². The minimum atomic E-state index is -0.0434. The Balaban J connectivity index is 1.73. The zero-order chi connectivity index (χ0) is 13.2. The largest absolute Gasteiger partial charge is 0.361 e. The predicted molar refractivity (Wildman–Crippen MR) is 71.2 cm³/mol. The molecule has 0 spiro atoms. The standard InChI is InChI=1S/C13H15N3O2S/c1-9-7-11(15-18-9)13(17)16-5-2-3-10(8-16)12-14-4-6-19-12/h4,6-7,10H,2-3,5,8H2,1H3/t10-/m1/s1. The van der Waals surface area contributed by atoms with Gasteiger partial charge in [-0.25, -0.2) is 4.98 Å². The molecule has 1 saturated heterocycles. The molecule has 1 fully saturated rings. The number of hydrogen-bond acceptors (Lipinski definition) is 5. The second-order valence-corrected chi connectivity index (χ2v) is 5.71. The molecule has 2 aromatic rings. The summed E-state index contributed by atoms with van der Waals surface area (Å²) >= 11 is 1.66. The third-order valence-corrected chi connectivity index (χ3v) is 4.29. The van der Waals surface area contributed by atoms with Gasteiger partial charge < -0.3 is 9.42 Å². The first kappa shape index (κ1) is 12.3. The van der Waals surface area contributed by atoms with E-state index in [1.54, 1.807) is 24.3 Å². The van der Waals surface area contributed by atoms with Crippen LogP contribution in [-0.2, 0) is 0 Å². The molecule has 5 nitrogen and oxygen atoms in total. The third kappa shape index (κ3) is 2.53. The summed E-state index contributed by atoms with van der Waals surface area (Å²) in [4.78, 5) is 18.5. The van der Waals surface area contributed by atoms with Gasteiger partial charge in [0.25, 0.3) is 5.91 Å². The summed E-state index contributed by atoms with van der Waals surface area (Å²) in [6.45, 7) is 3.29. The highest BCUT2D eigenvalue weighted by Crippen LogP contribution is 2.28. The number of carbonyl (C=O) groups excluding carboxylic acids is 1. The molecule has 0 bridgehead atoms. The van der Waals surface area contributed by atoms with Crippen LogP contribution in [0.25, 0.3) is 0 Å². The second-order valence-electron chi connectivity index (χ2n) is 4.78. The maximum Gasteiger partial charge on any atom is 0.276 e. The van der Waals surface area contributed by atoms with Gasteiger partial charge in [-0.05, 0) is 19.8 Å². The van der Waals surface area contributed by atoms with Crippen molar-refractivity contribution in [1.82, 2.24) is 15.0 Å². The first-order valence-electron chi connectivity index (χ1n) is 6.36. The highest BCUT2D eigenvalue weighted by Gasteiger charge is 2.28. The summed E-state index contributed by atoms with van der Waals surface area (Å²) in [5.41, 5.74) is 0.400. The zero-order valence-corrected chi connectivity index (χ0v) is 11.5. The summed E-state index contributed by atoms with van der Waals surface area (Å²) in [5, 5.41) is 6.90. The van der Waals surface area contributed by atoms with Crippen molar-refractivity contribution in [3.05, 3.63) is 34.1 Å². The van der Waals surface area contributed by atoms with Crippen molar-refractivity contribution in [2.24, 2.45) is 0 Å². The molecule has 0 radical (unpaired) electrons. The van der Waals surface area contributed by atoms with Gasteiger partial charge in [-0.3, -0.25) is 4.79 Å². The van der Waals surface area contributed by atoms with Gasteiger partial charge in [-0.2, -0.15) is 0 Å². The SMILES string of the molecule is Cc1cc(C(=O)N2CCC[C@@H](c3nccs3)C2)no1. The molecule has 1 atom stereocenters. The average Bonchev–Trinajstić information content (AvgIpc) is 3.09. The van der Waals surface area contributed by atoms with Crippen LogP contribution in [0.3, 0.4) is 0 Å². The second kappa shape index (κ2) is 5.13. The van der Waals surface area contributed by atoms with E-state index in [4.69, 9.17) is 4.52 Å². The molecule has 0 saturated carbocycles. The highest BCUT2D eigenvalue weighted by atomic mass is 32.1. The number of aryl methyl sites for hydroxylation is 1. The molecule has 6 heteroatoms. The maximum atomic E-state index is 12.3. The van der Waals surface area contributed by atoms with Crippen molar-refractivity contribution in [2.45, 2.75) is 25.7 Å². The fourth-order valence-electron chi connectivity index (χ4n) is 2.43. The molecule has 1 aliphatic heterocycles. The van der Waals surface area contributed by atoms with Crippen LogP contribution in [0.5, 0.6) is 0 Å². The lowest BCUT2D eigenvalue weighted by Gasteiger charge is -2.31. The Hall–Kier alpha value is -1.69. The average molecular weight is 277 g/mol. The third-order valence-electron chi connectivity index (χ3n) is 3.36. The molecule has 2 aromatic heterocycles. The molecule has 0 aliphatic carbocycles. The van der Waals surface area contributed by atoms with E-state index in [0.29, 0.717) is 17.4 Å². The first-order valence-corrected chi connectivity index (χ1v) is 7.24. The van der Waals surface area contributed by atoms with Crippen molar-refractivity contribution < 1.29 is 9.32 Å². The van der Waals surface area contributed by atoms with Gasteiger partial charge in [0.05, 0.1) is 5.01 Å². The number of thiazole rings is 1. The smallest absolute Gasteiger partial charge is 0.276 e. The van der Waals surface area contributed by atoms with Crippen LogP contribution in [0.4, 0.5) is 0 Å². The number of amides is 1. The molecular weight excluding hydrogens is 262 g/mol. The summed E-state index contributed by atoms with van der Waals surface area (Å²) in [5.74, 6) is 0.973. The normalized spacial score (nSPS) is 19.6. The summed E-state index contributed by atoms with van der Waals surface area (Å²) in [7, 11) is 0. The maximum absolute atomic E-state index is 12.3. The Morgan fingerprint density at radius 3 is 3.16 bits per heavy atom. The summed E-state index contributed by atoms with van der Waals surface area (Å²) < 4.78 is 4.97. The van der Waals surface area contributed by atoms with Gasteiger partial charge in [0.2, 0.25) is 0 Å². The van der Waals surface area contributed by atoms with E-state index < -0.39 is 0 Å². The Morgan fingerprint density at radius 1 is 1.58 bits per heavy atom. The van der Waals surface area contributed by atoms with Gasteiger partial charge in [-0.1, -0.05) is 5.16 Å². The number of aromatic nitrogens is 2. The number of piperidine rings is 1. The Kier molecular flexibility index (Phi) is 3.33. The van der Waals surface area contributed by atoms with Gasteiger partial charge in [-0.15, -0.1) is 11.3 Å². The van der Waals surface area contributed by atoms with Gasteiger partial charge >= 0.3 is 0 Å². The lowest BCUT2D eigenvalue weighted by Crippen LogP contribution is -2.39. The molecule has 3 heterocycles. The number of nitrogens with zero attached hydrogens (tertiary/aromatic N) is 3. The highest BCUT2D eigenvalue weighted by molar-refractivity contribution is 7.09. The number of carbonyl (C=O) groups is 1. The molecule has 0 aromatic carbocycles. The summed E-state index contributed by atoms with van der Waals surface area (Å²) in [6, 6.07) is 1.69. The quantitative estimate of drug-likeness (QED) is 0.846. The van der Waals surface area contributed by atoms with Crippen LogP contribution >= 0.6 is 11.3 Å².